The van der Waals surface area contributed by atoms with Gasteiger partial charge < -0.3 is 14.4 Å². The van der Waals surface area contributed by atoms with Crippen molar-refractivity contribution in [1.82, 2.24) is 4.90 Å². The third kappa shape index (κ3) is 3.59. The number of nitrogens with zero attached hydrogens (tertiary/aromatic N) is 1. The van der Waals surface area contributed by atoms with E-state index in [1.807, 2.05) is 6.92 Å². The molecule has 3 fully saturated rings. The molecular weight excluding hydrogens is 266 g/mol. The van der Waals surface area contributed by atoms with Crippen LogP contribution >= 0.6 is 0 Å². The molecule has 2 atom stereocenters. The number of rotatable bonds is 4. The highest BCUT2D eigenvalue weighted by Crippen LogP contribution is 2.36. The van der Waals surface area contributed by atoms with Gasteiger partial charge in [-0.3, -0.25) is 4.79 Å². The Labute approximate surface area is 128 Å². The van der Waals surface area contributed by atoms with Crippen LogP contribution in [0.25, 0.3) is 0 Å². The number of hydrogen-bond acceptors (Lipinski definition) is 3. The third-order valence-electron chi connectivity index (χ3n) is 5.41. The average molecular weight is 295 g/mol. The van der Waals surface area contributed by atoms with Crippen molar-refractivity contribution >= 4 is 5.91 Å². The molecule has 0 unspecified atom stereocenters. The minimum atomic E-state index is -0.122. The zero-order valence-electron chi connectivity index (χ0n) is 13.3. The Kier molecular flexibility index (Phi) is 4.85. The monoisotopic (exact) mass is 295 g/mol. The van der Waals surface area contributed by atoms with E-state index >= 15 is 0 Å². The summed E-state index contributed by atoms with van der Waals surface area (Å²) in [5.74, 6) is 0.987. The number of amides is 1. The summed E-state index contributed by atoms with van der Waals surface area (Å²) in [6, 6.07) is 0. The fraction of sp³-hybridized carbons (Fsp3) is 0.941. The van der Waals surface area contributed by atoms with Crippen LogP contribution in [0.5, 0.6) is 0 Å². The van der Waals surface area contributed by atoms with Crippen LogP contribution in [0.1, 0.15) is 58.3 Å². The second-order valence-corrected chi connectivity index (χ2v) is 7.05. The van der Waals surface area contributed by atoms with Crippen molar-refractivity contribution in [3.05, 3.63) is 0 Å². The lowest BCUT2D eigenvalue weighted by Gasteiger charge is -2.40. The summed E-state index contributed by atoms with van der Waals surface area (Å²) in [5.41, 5.74) is -0.122. The number of carbonyl (C=O) groups is 1. The van der Waals surface area contributed by atoms with Crippen molar-refractivity contribution in [1.29, 1.82) is 0 Å². The lowest BCUT2D eigenvalue weighted by atomic mass is 9.88. The lowest BCUT2D eigenvalue weighted by molar-refractivity contribution is -0.140. The van der Waals surface area contributed by atoms with Crippen molar-refractivity contribution in [3.63, 3.8) is 0 Å². The predicted octanol–water partition coefficient (Wildman–Crippen LogP) is 2.75. The first kappa shape index (κ1) is 15.3. The summed E-state index contributed by atoms with van der Waals surface area (Å²) in [7, 11) is 0. The Morgan fingerprint density at radius 1 is 1.33 bits per heavy atom. The van der Waals surface area contributed by atoms with E-state index in [0.717, 1.165) is 45.4 Å². The first-order valence-corrected chi connectivity index (χ1v) is 8.74. The van der Waals surface area contributed by atoms with E-state index in [1.165, 1.54) is 25.7 Å². The van der Waals surface area contributed by atoms with Crippen LogP contribution in [0.3, 0.4) is 0 Å². The molecule has 3 rings (SSSR count). The molecule has 21 heavy (non-hydrogen) atoms. The van der Waals surface area contributed by atoms with E-state index in [0.29, 0.717) is 18.4 Å². The number of piperidine rings is 1. The molecule has 4 nitrogen and oxygen atoms in total. The van der Waals surface area contributed by atoms with E-state index in [-0.39, 0.29) is 11.7 Å². The van der Waals surface area contributed by atoms with Gasteiger partial charge >= 0.3 is 0 Å². The molecule has 0 N–H and O–H groups in total. The van der Waals surface area contributed by atoms with Crippen LogP contribution in [-0.2, 0) is 14.3 Å². The minimum absolute atomic E-state index is 0.122. The quantitative estimate of drug-likeness (QED) is 0.800. The molecule has 1 aliphatic carbocycles. The highest BCUT2D eigenvalue weighted by atomic mass is 16.6. The summed E-state index contributed by atoms with van der Waals surface area (Å²) in [6.45, 7) is 5.16. The summed E-state index contributed by atoms with van der Waals surface area (Å²) < 4.78 is 11.8. The first-order chi connectivity index (χ1) is 10.2. The SMILES string of the molecule is CCO[C@@H]1CO[C@@]2(CCCN(C(=O)CC3CCCC3)C2)C1. The lowest BCUT2D eigenvalue weighted by Crippen LogP contribution is -2.50. The molecule has 120 valence electrons. The van der Waals surface area contributed by atoms with Crippen LogP contribution < -0.4 is 0 Å². The number of likely N-dealkylation sites (tertiary alicyclic amines) is 1. The summed E-state index contributed by atoms with van der Waals surface area (Å²) in [5, 5.41) is 0. The largest absolute Gasteiger partial charge is 0.376 e. The van der Waals surface area contributed by atoms with Gasteiger partial charge in [0, 0.05) is 32.5 Å². The van der Waals surface area contributed by atoms with Crippen molar-refractivity contribution in [2.75, 3.05) is 26.3 Å². The second kappa shape index (κ2) is 6.66. The Balaban J connectivity index is 1.54. The molecule has 1 saturated carbocycles. The molecule has 3 aliphatic rings. The fourth-order valence-electron chi connectivity index (χ4n) is 4.33. The third-order valence-corrected chi connectivity index (χ3v) is 5.41. The number of ether oxygens (including phenoxy) is 2. The van der Waals surface area contributed by atoms with Crippen LogP contribution in [0, 0.1) is 5.92 Å². The summed E-state index contributed by atoms with van der Waals surface area (Å²) >= 11 is 0. The molecule has 2 heterocycles. The molecular formula is C17H29NO3. The van der Waals surface area contributed by atoms with Gasteiger partial charge in [0.2, 0.25) is 5.91 Å². The Morgan fingerprint density at radius 3 is 2.90 bits per heavy atom. The molecule has 2 aliphatic heterocycles. The van der Waals surface area contributed by atoms with E-state index in [9.17, 15) is 4.79 Å². The van der Waals surface area contributed by atoms with Gasteiger partial charge in [-0.2, -0.15) is 0 Å². The van der Waals surface area contributed by atoms with Gasteiger partial charge in [-0.05, 0) is 38.5 Å². The highest BCUT2D eigenvalue weighted by molar-refractivity contribution is 5.76. The highest BCUT2D eigenvalue weighted by Gasteiger charge is 2.44. The van der Waals surface area contributed by atoms with E-state index < -0.39 is 0 Å². The van der Waals surface area contributed by atoms with Gasteiger partial charge in [0.1, 0.15) is 0 Å². The molecule has 2 saturated heterocycles. The standard InChI is InChI=1S/C17H29NO3/c1-2-20-15-11-17(21-12-15)8-5-9-18(13-17)16(19)10-14-6-3-4-7-14/h14-15H,2-13H2,1H3/t15-,17-/m0/s1. The van der Waals surface area contributed by atoms with Gasteiger partial charge in [0.15, 0.2) is 0 Å². The average Bonchev–Trinajstić information content (AvgIpc) is 3.10. The smallest absolute Gasteiger partial charge is 0.222 e. The first-order valence-electron chi connectivity index (χ1n) is 8.74. The molecule has 0 radical (unpaired) electrons. The maximum Gasteiger partial charge on any atom is 0.222 e. The van der Waals surface area contributed by atoms with Crippen molar-refractivity contribution in [2.45, 2.75) is 70.0 Å². The molecule has 0 aromatic rings. The molecule has 0 bridgehead atoms. The molecule has 0 aromatic heterocycles. The van der Waals surface area contributed by atoms with Gasteiger partial charge in [-0.15, -0.1) is 0 Å². The topological polar surface area (TPSA) is 38.8 Å². The number of hydrogen-bond donors (Lipinski definition) is 0. The predicted molar refractivity (Wildman–Crippen MR) is 81.1 cm³/mol. The maximum absolute atomic E-state index is 12.5. The van der Waals surface area contributed by atoms with Gasteiger partial charge in [-0.25, -0.2) is 0 Å². The minimum Gasteiger partial charge on any atom is -0.376 e. The molecule has 1 spiro atoms. The van der Waals surface area contributed by atoms with E-state index in [2.05, 4.69) is 4.90 Å². The molecule has 4 heteroatoms. The zero-order chi connectivity index (χ0) is 14.7. The molecule has 1 amide bonds. The van der Waals surface area contributed by atoms with Gasteiger partial charge in [0.25, 0.3) is 0 Å². The maximum atomic E-state index is 12.5. The zero-order valence-corrected chi connectivity index (χ0v) is 13.3. The Hall–Kier alpha value is -0.610. The van der Waals surface area contributed by atoms with Gasteiger partial charge in [-0.1, -0.05) is 12.8 Å². The van der Waals surface area contributed by atoms with E-state index in [1.54, 1.807) is 0 Å². The van der Waals surface area contributed by atoms with Crippen LogP contribution in [0.4, 0.5) is 0 Å². The summed E-state index contributed by atoms with van der Waals surface area (Å²) in [6.07, 6.45) is 9.17. The second-order valence-electron chi connectivity index (χ2n) is 7.05. The van der Waals surface area contributed by atoms with Crippen molar-refractivity contribution < 1.29 is 14.3 Å². The van der Waals surface area contributed by atoms with Crippen LogP contribution in [-0.4, -0.2) is 48.8 Å². The van der Waals surface area contributed by atoms with Crippen LogP contribution in [0.2, 0.25) is 0 Å². The summed E-state index contributed by atoms with van der Waals surface area (Å²) in [4.78, 5) is 14.6. The Bertz CT molecular complexity index is 367. The normalized spacial score (nSPS) is 34.0. The van der Waals surface area contributed by atoms with E-state index in [4.69, 9.17) is 9.47 Å². The molecule has 0 aromatic carbocycles. The van der Waals surface area contributed by atoms with Gasteiger partial charge in [0.05, 0.1) is 18.3 Å². The van der Waals surface area contributed by atoms with Crippen LogP contribution in [0.15, 0.2) is 0 Å². The van der Waals surface area contributed by atoms with Crippen molar-refractivity contribution in [2.24, 2.45) is 5.92 Å². The fourth-order valence-corrected chi connectivity index (χ4v) is 4.33. The number of carbonyl (C=O) groups excluding carboxylic acids is 1. The Morgan fingerprint density at radius 2 is 2.14 bits per heavy atom. The van der Waals surface area contributed by atoms with Crippen molar-refractivity contribution in [3.8, 4) is 0 Å².